The lowest BCUT2D eigenvalue weighted by Crippen LogP contribution is -2.29. The van der Waals surface area contributed by atoms with Crippen LogP contribution in [0.5, 0.6) is 0 Å². The second-order valence-electron chi connectivity index (χ2n) is 4.07. The molecule has 0 aliphatic carbocycles. The first-order chi connectivity index (χ1) is 6.76. The molecule has 0 radical (unpaired) electrons. The summed E-state index contributed by atoms with van der Waals surface area (Å²) in [5.74, 6) is 3.37. The molecule has 0 fully saturated rings. The molecule has 0 aliphatic rings. The molecule has 1 heteroatoms. The van der Waals surface area contributed by atoms with Gasteiger partial charge in [0.2, 0.25) is 0 Å². The third-order valence-electron chi connectivity index (χ3n) is 2.92. The maximum absolute atomic E-state index is 6.14. The van der Waals surface area contributed by atoms with Gasteiger partial charge in [-0.15, -0.1) is 12.3 Å². The first kappa shape index (κ1) is 13.5. The van der Waals surface area contributed by atoms with E-state index in [2.05, 4.69) is 19.8 Å². The molecule has 2 atom stereocenters. The van der Waals surface area contributed by atoms with Crippen molar-refractivity contribution in [2.75, 3.05) is 0 Å². The molecule has 0 amide bonds. The van der Waals surface area contributed by atoms with Crippen molar-refractivity contribution < 1.29 is 0 Å². The van der Waals surface area contributed by atoms with E-state index in [9.17, 15) is 0 Å². The lowest BCUT2D eigenvalue weighted by atomic mass is 9.89. The Morgan fingerprint density at radius 2 is 1.93 bits per heavy atom. The van der Waals surface area contributed by atoms with Crippen molar-refractivity contribution in [2.45, 2.75) is 64.8 Å². The maximum atomic E-state index is 6.14. The highest BCUT2D eigenvalue weighted by Gasteiger charge is 2.14. The summed E-state index contributed by atoms with van der Waals surface area (Å²) in [6.07, 6.45) is 13.3. The minimum absolute atomic E-state index is 0.361. The fourth-order valence-electron chi connectivity index (χ4n) is 1.86. The predicted octanol–water partition coefficient (Wildman–Crippen LogP) is 3.33. The Morgan fingerprint density at radius 3 is 2.43 bits per heavy atom. The minimum Gasteiger partial charge on any atom is -0.327 e. The van der Waals surface area contributed by atoms with Crippen LogP contribution in [-0.4, -0.2) is 6.04 Å². The Hall–Kier alpha value is -0.480. The summed E-state index contributed by atoms with van der Waals surface area (Å²) in [5.41, 5.74) is 6.14. The SMILES string of the molecule is C#CCCCC(N)C(CC)CCCC. The van der Waals surface area contributed by atoms with Crippen LogP contribution in [0.25, 0.3) is 0 Å². The monoisotopic (exact) mass is 195 g/mol. The van der Waals surface area contributed by atoms with Crippen LogP contribution in [0.1, 0.15) is 58.8 Å². The summed E-state index contributed by atoms with van der Waals surface area (Å²) in [7, 11) is 0. The molecule has 14 heavy (non-hydrogen) atoms. The van der Waals surface area contributed by atoms with Crippen molar-refractivity contribution in [1.82, 2.24) is 0 Å². The third kappa shape index (κ3) is 6.05. The molecule has 0 saturated heterocycles. The Kier molecular flexibility index (Phi) is 8.78. The van der Waals surface area contributed by atoms with Gasteiger partial charge in [0, 0.05) is 12.5 Å². The van der Waals surface area contributed by atoms with E-state index in [-0.39, 0.29) is 0 Å². The Balaban J connectivity index is 3.68. The molecule has 0 bridgehead atoms. The predicted molar refractivity (Wildman–Crippen MR) is 64.0 cm³/mol. The lowest BCUT2D eigenvalue weighted by molar-refractivity contribution is 0.351. The fourth-order valence-corrected chi connectivity index (χ4v) is 1.86. The molecule has 2 N–H and O–H groups in total. The number of rotatable bonds is 8. The minimum atomic E-state index is 0.361. The average Bonchev–Trinajstić information content (AvgIpc) is 2.19. The van der Waals surface area contributed by atoms with Gasteiger partial charge >= 0.3 is 0 Å². The standard InChI is InChI=1S/C13H25N/c1-4-7-9-11-13(14)12(6-3)10-8-5-2/h1,12-13H,5-11,14H2,2-3H3. The van der Waals surface area contributed by atoms with Crippen molar-refractivity contribution in [3.63, 3.8) is 0 Å². The molecule has 0 aromatic carbocycles. The van der Waals surface area contributed by atoms with E-state index in [4.69, 9.17) is 12.2 Å². The molecule has 0 rings (SSSR count). The van der Waals surface area contributed by atoms with Gasteiger partial charge in [-0.3, -0.25) is 0 Å². The topological polar surface area (TPSA) is 26.0 Å². The smallest absolute Gasteiger partial charge is 0.00866 e. The van der Waals surface area contributed by atoms with E-state index in [0.29, 0.717) is 12.0 Å². The van der Waals surface area contributed by atoms with Gasteiger partial charge < -0.3 is 5.73 Å². The van der Waals surface area contributed by atoms with Gasteiger partial charge in [0.05, 0.1) is 0 Å². The fraction of sp³-hybridized carbons (Fsp3) is 0.846. The highest BCUT2D eigenvalue weighted by atomic mass is 14.6. The Labute approximate surface area is 89.5 Å². The molecule has 1 nitrogen and oxygen atoms in total. The summed E-state index contributed by atoms with van der Waals surface area (Å²) in [6.45, 7) is 4.47. The highest BCUT2D eigenvalue weighted by molar-refractivity contribution is 4.84. The van der Waals surface area contributed by atoms with Gasteiger partial charge in [-0.1, -0.05) is 33.1 Å². The lowest BCUT2D eigenvalue weighted by Gasteiger charge is -2.22. The van der Waals surface area contributed by atoms with Gasteiger partial charge in [0.15, 0.2) is 0 Å². The van der Waals surface area contributed by atoms with Crippen LogP contribution >= 0.6 is 0 Å². The molecule has 0 heterocycles. The third-order valence-corrected chi connectivity index (χ3v) is 2.92. The van der Waals surface area contributed by atoms with Crippen LogP contribution in [0, 0.1) is 18.3 Å². The van der Waals surface area contributed by atoms with E-state index in [1.165, 1.54) is 25.7 Å². The molecule has 0 saturated carbocycles. The molecule has 0 spiro atoms. The van der Waals surface area contributed by atoms with Crippen LogP contribution in [0.15, 0.2) is 0 Å². The van der Waals surface area contributed by atoms with Gasteiger partial charge in [-0.05, 0) is 25.2 Å². The second kappa shape index (κ2) is 9.09. The summed E-state index contributed by atoms with van der Waals surface area (Å²) in [4.78, 5) is 0. The van der Waals surface area contributed by atoms with Crippen LogP contribution in [0.2, 0.25) is 0 Å². The van der Waals surface area contributed by atoms with Crippen molar-refractivity contribution in [3.05, 3.63) is 0 Å². The van der Waals surface area contributed by atoms with Crippen LogP contribution in [0.3, 0.4) is 0 Å². The van der Waals surface area contributed by atoms with E-state index in [1.807, 2.05) is 0 Å². The van der Waals surface area contributed by atoms with Gasteiger partial charge in [0.1, 0.15) is 0 Å². The number of hydrogen-bond donors (Lipinski definition) is 1. The van der Waals surface area contributed by atoms with E-state index in [1.54, 1.807) is 0 Å². The second-order valence-corrected chi connectivity index (χ2v) is 4.07. The molecular formula is C13H25N. The molecule has 2 unspecified atom stereocenters. The summed E-state index contributed by atoms with van der Waals surface area (Å²) < 4.78 is 0. The van der Waals surface area contributed by atoms with Crippen molar-refractivity contribution in [1.29, 1.82) is 0 Å². The van der Waals surface area contributed by atoms with E-state index in [0.717, 1.165) is 19.3 Å². The van der Waals surface area contributed by atoms with Crippen molar-refractivity contribution in [3.8, 4) is 12.3 Å². The first-order valence-electron chi connectivity index (χ1n) is 5.95. The molecule has 82 valence electrons. The zero-order valence-electron chi connectivity index (χ0n) is 9.76. The zero-order chi connectivity index (χ0) is 10.8. The average molecular weight is 195 g/mol. The quantitative estimate of drug-likeness (QED) is 0.466. The van der Waals surface area contributed by atoms with Gasteiger partial charge in [-0.25, -0.2) is 0 Å². The van der Waals surface area contributed by atoms with Crippen LogP contribution < -0.4 is 5.73 Å². The Morgan fingerprint density at radius 1 is 1.21 bits per heavy atom. The molecule has 0 aromatic heterocycles. The largest absolute Gasteiger partial charge is 0.327 e. The van der Waals surface area contributed by atoms with E-state index < -0.39 is 0 Å². The number of unbranched alkanes of at least 4 members (excludes halogenated alkanes) is 2. The summed E-state index contributed by atoms with van der Waals surface area (Å²) >= 11 is 0. The molecule has 0 aliphatic heterocycles. The van der Waals surface area contributed by atoms with Crippen molar-refractivity contribution >= 4 is 0 Å². The summed E-state index contributed by atoms with van der Waals surface area (Å²) in [6, 6.07) is 0.361. The maximum Gasteiger partial charge on any atom is 0.00866 e. The Bertz CT molecular complexity index is 157. The number of nitrogens with two attached hydrogens (primary N) is 1. The molecular weight excluding hydrogens is 170 g/mol. The zero-order valence-corrected chi connectivity index (χ0v) is 9.76. The highest BCUT2D eigenvalue weighted by Crippen LogP contribution is 2.18. The van der Waals surface area contributed by atoms with Crippen LogP contribution in [-0.2, 0) is 0 Å². The summed E-state index contributed by atoms with van der Waals surface area (Å²) in [5, 5.41) is 0. The van der Waals surface area contributed by atoms with Gasteiger partial charge in [0.25, 0.3) is 0 Å². The van der Waals surface area contributed by atoms with Gasteiger partial charge in [-0.2, -0.15) is 0 Å². The normalized spacial score (nSPS) is 14.7. The van der Waals surface area contributed by atoms with Crippen LogP contribution in [0.4, 0.5) is 0 Å². The van der Waals surface area contributed by atoms with E-state index >= 15 is 0 Å². The van der Waals surface area contributed by atoms with Crippen molar-refractivity contribution in [2.24, 2.45) is 11.7 Å². The molecule has 0 aromatic rings. The number of hydrogen-bond acceptors (Lipinski definition) is 1. The first-order valence-corrected chi connectivity index (χ1v) is 5.95. The number of terminal acetylenes is 1.